The van der Waals surface area contributed by atoms with Gasteiger partial charge in [0.05, 0.1) is 0 Å². The molecule has 0 unspecified atom stereocenters. The van der Waals surface area contributed by atoms with Crippen molar-refractivity contribution in [1.29, 1.82) is 0 Å². The molecule has 100 valence electrons. The molecule has 19 heavy (non-hydrogen) atoms. The highest BCUT2D eigenvalue weighted by molar-refractivity contribution is 9.08. The first-order valence-electron chi connectivity index (χ1n) is 6.49. The Morgan fingerprint density at radius 2 is 1.58 bits per heavy atom. The second-order valence-corrected chi connectivity index (χ2v) is 5.72. The first-order chi connectivity index (χ1) is 9.01. The Bertz CT molecular complexity index is 570. The van der Waals surface area contributed by atoms with Crippen LogP contribution in [0, 0.1) is 20.8 Å². The quantitative estimate of drug-likeness (QED) is 0.696. The lowest BCUT2D eigenvalue weighted by Gasteiger charge is -2.23. The first-order valence-corrected chi connectivity index (χ1v) is 7.61. The molecule has 0 spiro atoms. The molecule has 2 aromatic rings. The Labute approximate surface area is 124 Å². The molecule has 0 aromatic heterocycles. The van der Waals surface area contributed by atoms with E-state index in [1.54, 1.807) is 0 Å². The molecule has 0 aliphatic carbocycles. The zero-order chi connectivity index (χ0) is 14.0. The van der Waals surface area contributed by atoms with E-state index < -0.39 is 0 Å². The van der Waals surface area contributed by atoms with Gasteiger partial charge in [0, 0.05) is 23.8 Å². The van der Waals surface area contributed by atoms with Crippen molar-refractivity contribution < 1.29 is 0 Å². The lowest BCUT2D eigenvalue weighted by Crippen LogP contribution is -2.11. The summed E-state index contributed by atoms with van der Waals surface area (Å²) < 4.78 is 0. The third-order valence-electron chi connectivity index (χ3n) is 3.37. The van der Waals surface area contributed by atoms with Gasteiger partial charge in [0.2, 0.25) is 0 Å². The lowest BCUT2D eigenvalue weighted by molar-refractivity contribution is 1.16. The highest BCUT2D eigenvalue weighted by Gasteiger charge is 2.08. The van der Waals surface area contributed by atoms with Crippen LogP contribution in [0.1, 0.15) is 22.3 Å². The van der Waals surface area contributed by atoms with Gasteiger partial charge in [-0.2, -0.15) is 0 Å². The minimum absolute atomic E-state index is 0.904. The van der Waals surface area contributed by atoms with E-state index in [0.717, 1.165) is 5.33 Å². The summed E-state index contributed by atoms with van der Waals surface area (Å²) in [6.45, 7) is 6.46. The number of rotatable bonds is 3. The molecule has 0 amide bonds. The fourth-order valence-electron chi connectivity index (χ4n) is 2.46. The van der Waals surface area contributed by atoms with E-state index >= 15 is 0 Å². The number of aryl methyl sites for hydroxylation is 3. The van der Waals surface area contributed by atoms with Crippen molar-refractivity contribution in [2.75, 3.05) is 11.9 Å². The van der Waals surface area contributed by atoms with E-state index in [1.165, 1.54) is 33.6 Å². The summed E-state index contributed by atoms with van der Waals surface area (Å²) in [5.74, 6) is 0. The van der Waals surface area contributed by atoms with Gasteiger partial charge in [0.25, 0.3) is 0 Å². The molecule has 2 heteroatoms. The molecule has 0 bridgehead atoms. The highest BCUT2D eigenvalue weighted by Crippen LogP contribution is 2.29. The molecular formula is C17H20BrN. The molecule has 0 fully saturated rings. The maximum absolute atomic E-state index is 3.50. The number of hydrogen-bond donors (Lipinski definition) is 0. The van der Waals surface area contributed by atoms with E-state index in [2.05, 4.69) is 85.0 Å². The van der Waals surface area contributed by atoms with E-state index in [4.69, 9.17) is 0 Å². The Morgan fingerprint density at radius 3 is 2.11 bits per heavy atom. The smallest absolute Gasteiger partial charge is 0.0438 e. The third kappa shape index (κ3) is 3.19. The molecule has 1 nitrogen and oxygen atoms in total. The summed E-state index contributed by atoms with van der Waals surface area (Å²) in [4.78, 5) is 2.26. The molecule has 0 saturated carbocycles. The van der Waals surface area contributed by atoms with Crippen molar-refractivity contribution in [2.24, 2.45) is 0 Å². The maximum atomic E-state index is 3.50. The van der Waals surface area contributed by atoms with E-state index in [1.807, 2.05) is 0 Å². The van der Waals surface area contributed by atoms with E-state index in [0.29, 0.717) is 0 Å². The number of benzene rings is 2. The fraction of sp³-hybridized carbons (Fsp3) is 0.294. The monoisotopic (exact) mass is 317 g/mol. The summed E-state index contributed by atoms with van der Waals surface area (Å²) in [6.07, 6.45) is 0. The predicted molar refractivity (Wildman–Crippen MR) is 87.8 cm³/mol. The average molecular weight is 318 g/mol. The van der Waals surface area contributed by atoms with E-state index in [-0.39, 0.29) is 0 Å². The van der Waals surface area contributed by atoms with Gasteiger partial charge in [-0.25, -0.2) is 0 Å². The standard InChI is InChI=1S/C17H20BrN/c1-12-7-13(2)9-16(8-12)19(4)17-6-5-15(11-18)10-14(17)3/h5-10H,11H2,1-4H3. The summed E-state index contributed by atoms with van der Waals surface area (Å²) in [6, 6.07) is 13.3. The van der Waals surface area contributed by atoms with Crippen LogP contribution in [0.3, 0.4) is 0 Å². The zero-order valence-electron chi connectivity index (χ0n) is 12.0. The average Bonchev–Trinajstić information content (AvgIpc) is 2.36. The molecule has 0 aliphatic rings. The van der Waals surface area contributed by atoms with Crippen molar-refractivity contribution in [2.45, 2.75) is 26.1 Å². The first kappa shape index (κ1) is 14.1. The second-order valence-electron chi connectivity index (χ2n) is 5.16. The molecule has 0 N–H and O–H groups in total. The van der Waals surface area contributed by atoms with Crippen LogP contribution in [-0.2, 0) is 5.33 Å². The highest BCUT2D eigenvalue weighted by atomic mass is 79.9. The van der Waals surface area contributed by atoms with Crippen LogP contribution in [0.2, 0.25) is 0 Å². The molecule has 0 atom stereocenters. The lowest BCUT2D eigenvalue weighted by atomic mass is 10.1. The maximum Gasteiger partial charge on any atom is 0.0438 e. The van der Waals surface area contributed by atoms with Gasteiger partial charge >= 0.3 is 0 Å². The van der Waals surface area contributed by atoms with Gasteiger partial charge in [-0.1, -0.05) is 34.1 Å². The van der Waals surface area contributed by atoms with Crippen LogP contribution in [-0.4, -0.2) is 7.05 Å². The SMILES string of the molecule is Cc1cc(C)cc(N(C)c2ccc(CBr)cc2C)c1. The summed E-state index contributed by atoms with van der Waals surface area (Å²) in [5, 5.41) is 0.904. The number of nitrogens with zero attached hydrogens (tertiary/aromatic N) is 1. The van der Waals surface area contributed by atoms with E-state index in [9.17, 15) is 0 Å². The van der Waals surface area contributed by atoms with Gasteiger partial charge in [0.15, 0.2) is 0 Å². The molecule has 2 aromatic carbocycles. The molecule has 0 radical (unpaired) electrons. The Kier molecular flexibility index (Phi) is 4.31. The van der Waals surface area contributed by atoms with Gasteiger partial charge < -0.3 is 4.90 Å². The van der Waals surface area contributed by atoms with Crippen molar-refractivity contribution in [3.05, 3.63) is 58.7 Å². The number of anilines is 2. The second kappa shape index (κ2) is 5.79. The van der Waals surface area contributed by atoms with Gasteiger partial charge in [-0.05, 0) is 61.2 Å². The minimum Gasteiger partial charge on any atom is -0.344 e. The molecule has 0 aliphatic heterocycles. The summed E-state index contributed by atoms with van der Waals surface area (Å²) in [7, 11) is 2.13. The Hall–Kier alpha value is -1.28. The number of hydrogen-bond acceptors (Lipinski definition) is 1. The summed E-state index contributed by atoms with van der Waals surface area (Å²) in [5.41, 5.74) is 7.73. The minimum atomic E-state index is 0.904. The van der Waals surface area contributed by atoms with Crippen molar-refractivity contribution in [1.82, 2.24) is 0 Å². The normalized spacial score (nSPS) is 10.6. The largest absolute Gasteiger partial charge is 0.344 e. The number of alkyl halides is 1. The van der Waals surface area contributed by atoms with Gasteiger partial charge in [0.1, 0.15) is 0 Å². The predicted octanol–water partition coefficient (Wildman–Crippen LogP) is 5.27. The van der Waals surface area contributed by atoms with Gasteiger partial charge in [-0.3, -0.25) is 0 Å². The topological polar surface area (TPSA) is 3.24 Å². The molecule has 2 rings (SSSR count). The summed E-state index contributed by atoms with van der Waals surface area (Å²) >= 11 is 3.50. The fourth-order valence-corrected chi connectivity index (χ4v) is 2.81. The number of halogens is 1. The zero-order valence-corrected chi connectivity index (χ0v) is 13.6. The van der Waals surface area contributed by atoms with Crippen molar-refractivity contribution in [3.63, 3.8) is 0 Å². The van der Waals surface area contributed by atoms with Gasteiger partial charge in [-0.15, -0.1) is 0 Å². The molecule has 0 heterocycles. The Balaban J connectivity index is 2.40. The van der Waals surface area contributed by atoms with Crippen LogP contribution in [0.5, 0.6) is 0 Å². The van der Waals surface area contributed by atoms with Crippen LogP contribution in [0.15, 0.2) is 36.4 Å². The van der Waals surface area contributed by atoms with Crippen LogP contribution < -0.4 is 4.90 Å². The van der Waals surface area contributed by atoms with Crippen LogP contribution in [0.4, 0.5) is 11.4 Å². The van der Waals surface area contributed by atoms with Crippen LogP contribution in [0.25, 0.3) is 0 Å². The third-order valence-corrected chi connectivity index (χ3v) is 4.02. The molecular weight excluding hydrogens is 298 g/mol. The Morgan fingerprint density at radius 1 is 0.947 bits per heavy atom. The van der Waals surface area contributed by atoms with Crippen LogP contribution >= 0.6 is 15.9 Å². The molecule has 0 saturated heterocycles. The van der Waals surface area contributed by atoms with Crippen molar-refractivity contribution >= 4 is 27.3 Å². The van der Waals surface area contributed by atoms with Crippen molar-refractivity contribution in [3.8, 4) is 0 Å².